The highest BCUT2D eigenvalue weighted by atomic mass is 16.7. The Labute approximate surface area is 428 Å². The maximum atomic E-state index is 14.9. The summed E-state index contributed by atoms with van der Waals surface area (Å²) in [5, 5.41) is 89.0. The van der Waals surface area contributed by atoms with Crippen molar-refractivity contribution >= 4 is 28.1 Å². The lowest BCUT2D eigenvalue weighted by Gasteiger charge is -2.46. The lowest BCUT2D eigenvalue weighted by molar-refractivity contribution is -0.334. The Morgan fingerprint density at radius 2 is 1.16 bits per heavy atom. The lowest BCUT2D eigenvalue weighted by atomic mass is 9.75. The SMILES string of the molecule is CO[C@H](C(=O)C(C)=O)[C@@H]1Cc2cc3cc(O[C@H]4C[C@@H](O[C@H]5C[C@@H](C)[C@H](O)C(C)O5)[C@H](O)C(C)O4)c(C)c(O)c3c(O)c2C(=O)[C@H]1O[C@H]1C[C@@H](O[C@H]2C[C@@H](O[C@H]3C[C@](C)(O)[C@H](O)C(C)O3)[C@@H](O)C(C)O2)[C@H](O)C(C)O1. The third-order valence-electron chi connectivity index (χ3n) is 15.8. The third-order valence-corrected chi connectivity index (χ3v) is 15.8. The fourth-order valence-corrected chi connectivity index (χ4v) is 11.4. The summed E-state index contributed by atoms with van der Waals surface area (Å²) in [7, 11) is 1.21. The van der Waals surface area contributed by atoms with Crippen LogP contribution in [0.1, 0.15) is 109 Å². The number of Topliss-reactive ketones (excluding diaryl/α,β-unsaturated/α-hetero) is 3. The quantitative estimate of drug-likeness (QED) is 0.125. The molecule has 8 N–H and O–H groups in total. The minimum absolute atomic E-state index is 0.0422. The third kappa shape index (κ3) is 11.4. The van der Waals surface area contributed by atoms with Crippen LogP contribution in [-0.4, -0.2) is 194 Å². The summed E-state index contributed by atoms with van der Waals surface area (Å²) in [5.41, 5.74) is -1.32. The minimum atomic E-state index is -1.60. The second kappa shape index (κ2) is 22.4. The molecule has 8 rings (SSSR count). The Hall–Kier alpha value is -3.53. The molecule has 414 valence electrons. The van der Waals surface area contributed by atoms with Gasteiger partial charge in [0.2, 0.25) is 12.1 Å². The molecule has 6 aliphatic rings. The first-order valence-corrected chi connectivity index (χ1v) is 25.6. The van der Waals surface area contributed by atoms with Gasteiger partial charge in [-0.1, -0.05) is 6.92 Å². The molecule has 0 amide bonds. The van der Waals surface area contributed by atoms with E-state index in [1.807, 2.05) is 6.92 Å². The van der Waals surface area contributed by atoms with Crippen molar-refractivity contribution in [3.8, 4) is 17.2 Å². The Morgan fingerprint density at radius 1 is 0.676 bits per heavy atom. The van der Waals surface area contributed by atoms with Gasteiger partial charge in [0.1, 0.15) is 53.9 Å². The maximum Gasteiger partial charge on any atom is 0.227 e. The normalized spacial score (nSPS) is 42.4. The van der Waals surface area contributed by atoms with Crippen molar-refractivity contribution in [3.63, 3.8) is 0 Å². The van der Waals surface area contributed by atoms with Gasteiger partial charge in [-0.15, -0.1) is 0 Å². The minimum Gasteiger partial charge on any atom is -0.507 e. The zero-order chi connectivity index (χ0) is 54.0. The van der Waals surface area contributed by atoms with Crippen molar-refractivity contribution in [2.24, 2.45) is 11.8 Å². The van der Waals surface area contributed by atoms with Crippen molar-refractivity contribution in [1.82, 2.24) is 0 Å². The van der Waals surface area contributed by atoms with Gasteiger partial charge in [0.05, 0.1) is 71.5 Å². The van der Waals surface area contributed by atoms with Crippen LogP contribution in [0.5, 0.6) is 17.2 Å². The predicted octanol–water partition coefficient (Wildman–Crippen LogP) is 1.87. The highest BCUT2D eigenvalue weighted by Crippen LogP contribution is 2.47. The molecule has 0 saturated carbocycles. The van der Waals surface area contributed by atoms with Gasteiger partial charge < -0.3 is 93.0 Å². The standard InChI is InChI=1S/C52H74O22/c1-19-11-34(65-22(4)41(19)54)71-31-15-35(66-23(5)44(31)57)70-30-14-28-12-27-13-29(49(64-10)43(56)21(3)53)50(48(61)40(27)47(60)39(28)42(55)20(30)2)74-37-17-32(45(58)25(7)68-37)72-36-16-33(46(59)24(6)67-36)73-38-18-52(9,63)51(62)26(8)69-38/h12,14,19,22-26,29,31-38,41,44-46,49-51,54-55,57-60,62-63H,11,13,15-18H2,1-10H3/t19-,22?,23?,24?,25?,26?,29+,31-,32-,33-,34+,35+,36+,37+,38+,41+,44-,45-,46+,49+,50+,51-,52+/m1/s1. The molecule has 74 heavy (non-hydrogen) atoms. The van der Waals surface area contributed by atoms with Gasteiger partial charge in [-0.2, -0.15) is 0 Å². The van der Waals surface area contributed by atoms with Gasteiger partial charge in [-0.05, 0) is 83.9 Å². The summed E-state index contributed by atoms with van der Waals surface area (Å²) >= 11 is 0. The number of hydrogen-bond donors (Lipinski definition) is 8. The maximum absolute atomic E-state index is 14.9. The highest BCUT2D eigenvalue weighted by molar-refractivity contribution is 6.38. The van der Waals surface area contributed by atoms with Crippen molar-refractivity contribution < 1.29 is 107 Å². The number of fused-ring (bicyclic) bond motifs is 2. The number of aliphatic hydroxyl groups excluding tert-OH is 5. The van der Waals surface area contributed by atoms with Gasteiger partial charge in [-0.25, -0.2) is 0 Å². The Bertz CT molecular complexity index is 2350. The number of ketones is 3. The molecule has 2 aromatic rings. The van der Waals surface area contributed by atoms with Crippen molar-refractivity contribution in [2.75, 3.05) is 7.11 Å². The fourth-order valence-electron chi connectivity index (χ4n) is 11.4. The molecule has 5 unspecified atom stereocenters. The van der Waals surface area contributed by atoms with E-state index in [1.165, 1.54) is 14.0 Å². The number of rotatable bonds is 14. The number of aromatic hydroxyl groups is 2. The average molecular weight is 1050 g/mol. The van der Waals surface area contributed by atoms with Gasteiger partial charge in [0.15, 0.2) is 36.7 Å². The van der Waals surface area contributed by atoms with Crippen LogP contribution in [0.2, 0.25) is 0 Å². The number of aliphatic hydroxyl groups is 6. The van der Waals surface area contributed by atoms with Crippen LogP contribution in [0.25, 0.3) is 10.8 Å². The summed E-state index contributed by atoms with van der Waals surface area (Å²) in [4.78, 5) is 41.1. The fraction of sp³-hybridized carbons (Fsp3) is 0.750. The predicted molar refractivity (Wildman–Crippen MR) is 255 cm³/mol. The Kier molecular flexibility index (Phi) is 17.2. The molecular formula is C52H74O22. The number of phenols is 2. The van der Waals surface area contributed by atoms with Crippen LogP contribution in [0.4, 0.5) is 0 Å². The molecule has 5 fully saturated rings. The molecule has 5 aliphatic heterocycles. The number of ether oxygens (including phenoxy) is 11. The summed E-state index contributed by atoms with van der Waals surface area (Å²) in [5.74, 6) is -4.72. The smallest absolute Gasteiger partial charge is 0.227 e. The van der Waals surface area contributed by atoms with Gasteiger partial charge in [0.25, 0.3) is 0 Å². The second-order valence-electron chi connectivity index (χ2n) is 21.5. The second-order valence-corrected chi connectivity index (χ2v) is 21.5. The molecule has 0 bridgehead atoms. The largest absolute Gasteiger partial charge is 0.507 e. The molecule has 0 radical (unpaired) electrons. The first-order chi connectivity index (χ1) is 34.8. The molecule has 22 heteroatoms. The summed E-state index contributed by atoms with van der Waals surface area (Å²) < 4.78 is 66.8. The Balaban J connectivity index is 1.03. The number of methoxy groups -OCH3 is 1. The van der Waals surface area contributed by atoms with Crippen molar-refractivity contribution in [2.45, 2.75) is 229 Å². The summed E-state index contributed by atoms with van der Waals surface area (Å²) in [6.07, 6.45) is -20.0. The van der Waals surface area contributed by atoms with E-state index in [0.29, 0.717) is 6.42 Å². The van der Waals surface area contributed by atoms with Crippen LogP contribution in [-0.2, 0) is 63.4 Å². The van der Waals surface area contributed by atoms with E-state index in [-0.39, 0.29) is 71.2 Å². The summed E-state index contributed by atoms with van der Waals surface area (Å²) in [6, 6.07) is 3.12. The molecular weight excluding hydrogens is 977 g/mol. The molecule has 1 aliphatic carbocycles. The van der Waals surface area contributed by atoms with E-state index in [1.54, 1.807) is 53.7 Å². The van der Waals surface area contributed by atoms with Gasteiger partial charge >= 0.3 is 0 Å². The van der Waals surface area contributed by atoms with E-state index in [9.17, 15) is 55.2 Å². The number of phenolic OH excluding ortho intramolecular Hbond substituents is 2. The average Bonchev–Trinajstić information content (AvgIpc) is 3.32. The van der Waals surface area contributed by atoms with E-state index < -0.39 is 163 Å². The van der Waals surface area contributed by atoms with Crippen LogP contribution >= 0.6 is 0 Å². The van der Waals surface area contributed by atoms with E-state index in [2.05, 4.69) is 0 Å². The zero-order valence-corrected chi connectivity index (χ0v) is 43.4. The lowest BCUT2D eigenvalue weighted by Crippen LogP contribution is -2.58. The highest BCUT2D eigenvalue weighted by Gasteiger charge is 2.51. The molecule has 22 nitrogen and oxygen atoms in total. The molecule has 5 heterocycles. The van der Waals surface area contributed by atoms with Gasteiger partial charge in [-0.3, -0.25) is 14.4 Å². The number of benzene rings is 2. The van der Waals surface area contributed by atoms with Crippen LogP contribution in [0, 0.1) is 18.8 Å². The first kappa shape index (κ1) is 56.7. The Morgan fingerprint density at radius 3 is 1.69 bits per heavy atom. The monoisotopic (exact) mass is 1050 g/mol. The van der Waals surface area contributed by atoms with E-state index in [4.69, 9.17) is 52.1 Å². The zero-order valence-electron chi connectivity index (χ0n) is 43.4. The van der Waals surface area contributed by atoms with Crippen LogP contribution in [0.3, 0.4) is 0 Å². The number of carbonyl (C=O) groups is 3. The number of carbonyl (C=O) groups excluding carboxylic acids is 3. The van der Waals surface area contributed by atoms with Crippen LogP contribution in [0.15, 0.2) is 12.1 Å². The van der Waals surface area contributed by atoms with Crippen molar-refractivity contribution in [1.29, 1.82) is 0 Å². The molecule has 5 saturated heterocycles. The number of hydrogen-bond acceptors (Lipinski definition) is 22. The topological polar surface area (TPSA) is 315 Å². The van der Waals surface area contributed by atoms with E-state index >= 15 is 0 Å². The van der Waals surface area contributed by atoms with Crippen LogP contribution < -0.4 is 4.74 Å². The van der Waals surface area contributed by atoms with Crippen molar-refractivity contribution in [3.05, 3.63) is 28.8 Å². The molecule has 0 spiro atoms. The molecule has 2 aromatic carbocycles. The molecule has 0 aromatic heterocycles. The molecule has 23 atom stereocenters. The van der Waals surface area contributed by atoms with E-state index in [0.717, 1.165) is 6.92 Å². The summed E-state index contributed by atoms with van der Waals surface area (Å²) in [6.45, 7) is 14.2. The van der Waals surface area contributed by atoms with Gasteiger partial charge in [0, 0.05) is 57.6 Å². The first-order valence-electron chi connectivity index (χ1n) is 25.6.